The van der Waals surface area contributed by atoms with Crippen molar-refractivity contribution in [3.63, 3.8) is 0 Å². The molecule has 0 unspecified atom stereocenters. The molecule has 0 aliphatic carbocycles. The molecule has 0 saturated carbocycles. The Kier molecular flexibility index (Phi) is 16.9. The Morgan fingerprint density at radius 3 is 1.47 bits per heavy atom. The molecule has 4 aromatic carbocycles. The van der Waals surface area contributed by atoms with Gasteiger partial charge in [-0.2, -0.15) is 0 Å². The summed E-state index contributed by atoms with van der Waals surface area (Å²) < 4.78 is 56.5. The van der Waals surface area contributed by atoms with Gasteiger partial charge in [0, 0.05) is 54.6 Å². The van der Waals surface area contributed by atoms with E-state index < -0.39 is 26.0 Å². The van der Waals surface area contributed by atoms with Crippen LogP contribution in [0.2, 0.25) is 0 Å². The smallest absolute Gasteiger partial charge is 0.267 e. The van der Waals surface area contributed by atoms with Crippen molar-refractivity contribution in [3.8, 4) is 0 Å². The number of thiophene rings is 2. The van der Waals surface area contributed by atoms with Crippen LogP contribution in [0.25, 0.3) is 0 Å². The fraction of sp³-hybridized carbons (Fsp3) is 0.320. The van der Waals surface area contributed by atoms with Crippen molar-refractivity contribution in [1.82, 2.24) is 0 Å². The lowest BCUT2D eigenvalue weighted by molar-refractivity contribution is 0.102. The first-order chi connectivity index (χ1) is 30.6. The van der Waals surface area contributed by atoms with Crippen LogP contribution < -0.4 is 29.9 Å². The molecule has 2 amide bonds. The molecule has 2 saturated heterocycles. The van der Waals surface area contributed by atoms with Gasteiger partial charge in [0.1, 0.15) is 14.6 Å². The molecule has 12 nitrogen and oxygen atoms in total. The van der Waals surface area contributed by atoms with E-state index in [9.17, 15) is 26.4 Å². The fourth-order valence-electron chi connectivity index (χ4n) is 8.69. The number of rotatable bonds is 12. The number of para-hydroxylation sites is 1. The van der Waals surface area contributed by atoms with Crippen molar-refractivity contribution in [2.24, 2.45) is 0 Å². The van der Waals surface area contributed by atoms with Gasteiger partial charge in [0.05, 0.1) is 10.6 Å². The van der Waals surface area contributed by atoms with Crippen LogP contribution in [0.1, 0.15) is 93.3 Å². The highest BCUT2D eigenvalue weighted by molar-refractivity contribution is 7.93. The number of nitrogens with one attached hydrogen (secondary N) is 4. The average molecular weight is 971 g/mol. The van der Waals surface area contributed by atoms with Crippen molar-refractivity contribution in [2.45, 2.75) is 91.9 Å². The summed E-state index contributed by atoms with van der Waals surface area (Å²) >= 11 is 2.32. The number of benzene rings is 4. The maximum atomic E-state index is 13.2. The standard InChI is InChI=1S/2C24H27N3O3S2.2CH4/c1-16-15-17(2)22(27-12-7-8-13-27)18(3)21(16)25-24(28)23-20(11-14-31-23)26-32(29,30)19-9-5-4-6-10-19;1-16-15-17(2)22(27-12-7-8-13-27)18(3)21(16)25-24(28)23-20(11-14-31-23)32(29,30)26-19-9-5-4-6-10-19;;/h2*4-6,9-11,14-15,26H,7-8,12-13H2,1-3H3,(H,25,28);2*1H4. The molecule has 352 valence electrons. The zero-order valence-corrected chi connectivity index (χ0v) is 40.1. The maximum absolute atomic E-state index is 13.2. The molecule has 6 aromatic rings. The fourth-order valence-corrected chi connectivity index (χ4v) is 13.0. The number of carbonyl (C=O) groups is 2. The average Bonchev–Trinajstić information content (AvgIpc) is 4.11. The SMILES string of the molecule is C.C.Cc1cc(C)c(N2CCCC2)c(C)c1NC(=O)c1sccc1NS(=O)(=O)c1ccccc1.Cc1cc(C)c(N2CCCC2)c(C)c1NC(=O)c1sccc1S(=O)(=O)Nc1ccccc1. The van der Waals surface area contributed by atoms with Gasteiger partial charge in [-0.15, -0.1) is 22.7 Å². The van der Waals surface area contributed by atoms with Crippen LogP contribution in [0.3, 0.4) is 0 Å². The first-order valence-corrected chi connectivity index (χ1v) is 25.9. The lowest BCUT2D eigenvalue weighted by atomic mass is 10.0. The quantitative estimate of drug-likeness (QED) is 0.0944. The first-order valence-electron chi connectivity index (χ1n) is 21.2. The number of hydrogen-bond acceptors (Lipinski definition) is 10. The number of aryl methyl sites for hydroxylation is 4. The number of sulfonamides is 2. The van der Waals surface area contributed by atoms with E-state index in [1.54, 1.807) is 59.3 Å². The lowest BCUT2D eigenvalue weighted by Gasteiger charge is -2.26. The molecule has 0 radical (unpaired) electrons. The predicted octanol–water partition coefficient (Wildman–Crippen LogP) is 11.9. The zero-order chi connectivity index (χ0) is 45.8. The molecule has 0 bridgehead atoms. The Bertz CT molecular complexity index is 2890. The largest absolute Gasteiger partial charge is 0.371 e. The molecular formula is C50H62N6O6S4. The third-order valence-electron chi connectivity index (χ3n) is 11.5. The molecule has 0 spiro atoms. The van der Waals surface area contributed by atoms with Gasteiger partial charge >= 0.3 is 0 Å². The molecule has 4 heterocycles. The molecule has 2 aliphatic rings. The van der Waals surface area contributed by atoms with Crippen molar-refractivity contribution in [3.05, 3.63) is 139 Å². The van der Waals surface area contributed by atoms with Gasteiger partial charge in [0.25, 0.3) is 31.9 Å². The maximum Gasteiger partial charge on any atom is 0.267 e. The molecule has 16 heteroatoms. The molecule has 4 N–H and O–H groups in total. The van der Waals surface area contributed by atoms with Crippen LogP contribution in [-0.2, 0) is 20.0 Å². The monoisotopic (exact) mass is 970 g/mol. The third-order valence-corrected chi connectivity index (χ3v) is 16.3. The highest BCUT2D eigenvalue weighted by Crippen LogP contribution is 2.38. The summed E-state index contributed by atoms with van der Waals surface area (Å²) in [5, 5.41) is 9.38. The molecule has 2 fully saturated rings. The van der Waals surface area contributed by atoms with Gasteiger partial charge in [-0.25, -0.2) is 16.8 Å². The van der Waals surface area contributed by atoms with E-state index in [1.807, 2.05) is 33.8 Å². The van der Waals surface area contributed by atoms with Gasteiger partial charge in [0.15, 0.2) is 0 Å². The summed E-state index contributed by atoms with van der Waals surface area (Å²) in [4.78, 5) is 31.8. The molecule has 2 aliphatic heterocycles. The van der Waals surface area contributed by atoms with Crippen molar-refractivity contribution in [1.29, 1.82) is 0 Å². The highest BCUT2D eigenvalue weighted by Gasteiger charge is 2.27. The Balaban J connectivity index is 0.000000240. The molecule has 8 rings (SSSR count). The summed E-state index contributed by atoms with van der Waals surface area (Å²) in [5.41, 5.74) is 11.0. The number of anilines is 6. The number of amides is 2. The zero-order valence-electron chi connectivity index (χ0n) is 36.9. The van der Waals surface area contributed by atoms with E-state index >= 15 is 0 Å². The summed E-state index contributed by atoms with van der Waals surface area (Å²) in [6.45, 7) is 16.3. The van der Waals surface area contributed by atoms with Crippen LogP contribution in [0, 0.1) is 41.5 Å². The van der Waals surface area contributed by atoms with Gasteiger partial charge in [-0.1, -0.05) is 63.4 Å². The number of hydrogen-bond donors (Lipinski definition) is 4. The van der Waals surface area contributed by atoms with E-state index in [4.69, 9.17) is 0 Å². The van der Waals surface area contributed by atoms with E-state index in [-0.39, 0.29) is 41.1 Å². The van der Waals surface area contributed by atoms with Gasteiger partial charge in [-0.05, 0) is 148 Å². The summed E-state index contributed by atoms with van der Waals surface area (Å²) in [5.74, 6) is -0.746. The summed E-state index contributed by atoms with van der Waals surface area (Å²) in [7, 11) is -7.68. The van der Waals surface area contributed by atoms with Crippen LogP contribution in [0.15, 0.2) is 105 Å². The Morgan fingerprint density at radius 1 is 0.530 bits per heavy atom. The molecule has 66 heavy (non-hydrogen) atoms. The second-order valence-electron chi connectivity index (χ2n) is 16.2. The highest BCUT2D eigenvalue weighted by atomic mass is 32.2. The minimum atomic E-state index is -3.89. The Labute approximate surface area is 399 Å². The third kappa shape index (κ3) is 11.3. The second kappa shape index (κ2) is 21.7. The Morgan fingerprint density at radius 2 is 0.970 bits per heavy atom. The van der Waals surface area contributed by atoms with Crippen molar-refractivity contribution in [2.75, 3.05) is 56.1 Å². The number of nitrogens with zero attached hydrogens (tertiary/aromatic N) is 2. The predicted molar refractivity (Wildman–Crippen MR) is 277 cm³/mol. The second-order valence-corrected chi connectivity index (χ2v) is 21.3. The van der Waals surface area contributed by atoms with E-state index in [2.05, 4.69) is 55.9 Å². The summed E-state index contributed by atoms with van der Waals surface area (Å²) in [6.07, 6.45) is 4.68. The van der Waals surface area contributed by atoms with Crippen LogP contribution in [0.4, 0.5) is 34.1 Å². The molecule has 2 aromatic heterocycles. The number of carbonyl (C=O) groups excluding carboxylic acids is 2. The van der Waals surface area contributed by atoms with Gasteiger partial charge in [0.2, 0.25) is 0 Å². The van der Waals surface area contributed by atoms with Crippen LogP contribution in [-0.4, -0.2) is 54.8 Å². The normalized spacial score (nSPS) is 13.5. The minimum absolute atomic E-state index is 0. The van der Waals surface area contributed by atoms with E-state index in [0.29, 0.717) is 10.6 Å². The molecular weight excluding hydrogens is 909 g/mol. The van der Waals surface area contributed by atoms with Crippen molar-refractivity contribution >= 4 is 88.7 Å². The first kappa shape index (κ1) is 51.3. The van der Waals surface area contributed by atoms with Crippen molar-refractivity contribution < 1.29 is 26.4 Å². The van der Waals surface area contributed by atoms with Crippen LogP contribution >= 0.6 is 22.7 Å². The summed E-state index contributed by atoms with van der Waals surface area (Å²) in [6, 6.07) is 24.0. The van der Waals surface area contributed by atoms with E-state index in [1.165, 1.54) is 72.0 Å². The van der Waals surface area contributed by atoms with Crippen LogP contribution in [0.5, 0.6) is 0 Å². The van der Waals surface area contributed by atoms with Gasteiger partial charge < -0.3 is 20.4 Å². The molecule has 0 atom stereocenters. The topological polar surface area (TPSA) is 157 Å². The Hall–Kier alpha value is -5.68. The van der Waals surface area contributed by atoms with E-state index in [0.717, 1.165) is 76.8 Å². The lowest BCUT2D eigenvalue weighted by Crippen LogP contribution is -2.22. The van der Waals surface area contributed by atoms with Gasteiger partial charge in [-0.3, -0.25) is 19.0 Å². The minimum Gasteiger partial charge on any atom is -0.371 e.